The number of nitrogens with one attached hydrogen (secondary N) is 1. The van der Waals surface area contributed by atoms with E-state index in [4.69, 9.17) is 14.5 Å². The molecule has 1 saturated carbocycles. The van der Waals surface area contributed by atoms with Crippen molar-refractivity contribution in [2.75, 3.05) is 44.8 Å². The number of rotatable bonds is 8. The first-order valence-corrected chi connectivity index (χ1v) is 17.5. The SMILES string of the molecule is CCc1cccc2cc(O)cc(-c3ncc4c(N5CC6CCC(C6)C5)nc(OC[C@@]56CC[C@H](COC(=O)NC)N5C[C@H](F)C6)nc4c3F)c12. The second-order valence-corrected chi connectivity index (χ2v) is 14.3. The summed E-state index contributed by atoms with van der Waals surface area (Å²) in [5.41, 5.74) is 1.10. The lowest BCUT2D eigenvalue weighted by atomic mass is 9.94. The number of carbonyl (C=O) groups is 1. The lowest BCUT2D eigenvalue weighted by molar-refractivity contribution is 0.0553. The van der Waals surface area contributed by atoms with Crippen molar-refractivity contribution in [1.29, 1.82) is 0 Å². The lowest BCUT2D eigenvalue weighted by Gasteiger charge is -2.34. The van der Waals surface area contributed by atoms with Crippen molar-refractivity contribution in [3.05, 3.63) is 47.9 Å². The number of alkyl halides is 1. The van der Waals surface area contributed by atoms with Gasteiger partial charge in [-0.1, -0.05) is 25.1 Å². The fourth-order valence-electron chi connectivity index (χ4n) is 9.07. The predicted octanol–water partition coefficient (Wildman–Crippen LogP) is 6.17. The molecule has 2 aromatic heterocycles. The van der Waals surface area contributed by atoms with Gasteiger partial charge in [-0.15, -0.1) is 0 Å². The number of aromatic nitrogens is 3. The molecule has 2 N–H and O–H groups in total. The molecule has 1 amide bonds. The molecule has 10 nitrogen and oxygen atoms in total. The second-order valence-electron chi connectivity index (χ2n) is 14.3. The zero-order valence-corrected chi connectivity index (χ0v) is 27.9. The summed E-state index contributed by atoms with van der Waals surface area (Å²) in [6.07, 6.45) is 6.02. The standard InChI is InChI=1S/C37H42F2N6O4/c1-3-23-5-4-6-24-12-27(46)13-28(30(23)24)32-31(39)33-29(15-41-32)34(44-16-21-7-8-22(11-21)17-44)43-35(42-33)49-20-37-10-9-26(19-48-36(47)40-2)45(37)18-25(38)14-37/h4-6,12-13,15,21-22,25-26,46H,3,7-11,14,16-20H2,1-2H3,(H,40,47)/t21?,22?,25-,26-,37+/m1/s1. The maximum absolute atomic E-state index is 17.0. The fraction of sp³-hybridized carbons (Fsp3) is 0.514. The first-order valence-electron chi connectivity index (χ1n) is 17.5. The number of nitrogens with zero attached hydrogens (tertiary/aromatic N) is 5. The zero-order chi connectivity index (χ0) is 33.9. The number of hydrogen-bond donors (Lipinski definition) is 2. The van der Waals surface area contributed by atoms with Crippen LogP contribution >= 0.6 is 0 Å². The highest BCUT2D eigenvalue weighted by molar-refractivity contribution is 6.01. The predicted molar refractivity (Wildman–Crippen MR) is 182 cm³/mol. The first-order chi connectivity index (χ1) is 23.7. The third kappa shape index (κ3) is 5.67. The van der Waals surface area contributed by atoms with Gasteiger partial charge in [0.1, 0.15) is 42.2 Å². The van der Waals surface area contributed by atoms with E-state index >= 15 is 4.39 Å². The summed E-state index contributed by atoms with van der Waals surface area (Å²) in [5.74, 6) is 1.11. The van der Waals surface area contributed by atoms with Gasteiger partial charge in [0.15, 0.2) is 5.82 Å². The minimum atomic E-state index is -1.04. The number of alkyl carbamates (subject to hydrolysis) is 1. The summed E-state index contributed by atoms with van der Waals surface area (Å²) in [7, 11) is 1.51. The number of piperidine rings is 1. The molecule has 3 saturated heterocycles. The fourth-order valence-corrected chi connectivity index (χ4v) is 9.07. The molecule has 4 aliphatic rings. The molecule has 8 rings (SSSR count). The summed E-state index contributed by atoms with van der Waals surface area (Å²) in [4.78, 5) is 30.3. The van der Waals surface area contributed by atoms with Crippen LogP contribution in [0.5, 0.6) is 11.8 Å². The van der Waals surface area contributed by atoms with E-state index in [1.54, 1.807) is 18.3 Å². The van der Waals surface area contributed by atoms with Gasteiger partial charge in [-0.05, 0) is 78.8 Å². The highest BCUT2D eigenvalue weighted by Crippen LogP contribution is 2.45. The molecular formula is C37H42F2N6O4. The average Bonchev–Trinajstić information content (AvgIpc) is 3.74. The number of halogens is 2. The molecule has 0 radical (unpaired) electrons. The molecule has 2 bridgehead atoms. The lowest BCUT2D eigenvalue weighted by Crippen LogP contribution is -2.48. The number of pyridine rings is 1. The smallest absolute Gasteiger partial charge is 0.406 e. The summed E-state index contributed by atoms with van der Waals surface area (Å²) in [5, 5.41) is 15.3. The molecule has 4 fully saturated rings. The van der Waals surface area contributed by atoms with E-state index in [1.807, 2.05) is 25.1 Å². The van der Waals surface area contributed by atoms with E-state index in [-0.39, 0.29) is 55.2 Å². The molecule has 4 aromatic rings. The number of fused-ring (bicyclic) bond motifs is 5. The molecule has 2 aromatic carbocycles. The van der Waals surface area contributed by atoms with Crippen molar-refractivity contribution >= 4 is 33.6 Å². The van der Waals surface area contributed by atoms with Crippen LogP contribution in [0.1, 0.15) is 51.0 Å². The Balaban J connectivity index is 1.19. The first kappa shape index (κ1) is 31.9. The van der Waals surface area contributed by atoms with E-state index in [2.05, 4.69) is 25.1 Å². The summed E-state index contributed by atoms with van der Waals surface area (Å²) in [6.45, 7) is 4.19. The van der Waals surface area contributed by atoms with Gasteiger partial charge in [-0.3, -0.25) is 9.88 Å². The van der Waals surface area contributed by atoms with Crippen LogP contribution in [-0.4, -0.2) is 88.7 Å². The Bertz CT molecular complexity index is 1920. The van der Waals surface area contributed by atoms with Crippen molar-refractivity contribution in [2.24, 2.45) is 11.8 Å². The second kappa shape index (κ2) is 12.5. The van der Waals surface area contributed by atoms with E-state index in [0.717, 1.165) is 42.3 Å². The van der Waals surface area contributed by atoms with Crippen molar-refractivity contribution < 1.29 is 28.2 Å². The topological polar surface area (TPSA) is 113 Å². The third-order valence-corrected chi connectivity index (χ3v) is 11.3. The Morgan fingerprint density at radius 2 is 1.96 bits per heavy atom. The third-order valence-electron chi connectivity index (χ3n) is 11.3. The van der Waals surface area contributed by atoms with Crippen LogP contribution in [-0.2, 0) is 11.2 Å². The molecule has 1 aliphatic carbocycles. The van der Waals surface area contributed by atoms with Crippen LogP contribution < -0.4 is 15.0 Å². The quantitative estimate of drug-likeness (QED) is 0.227. The van der Waals surface area contributed by atoms with Gasteiger partial charge in [-0.2, -0.15) is 9.97 Å². The average molecular weight is 673 g/mol. The number of aromatic hydroxyl groups is 1. The van der Waals surface area contributed by atoms with Crippen LogP contribution in [0.3, 0.4) is 0 Å². The van der Waals surface area contributed by atoms with Crippen molar-refractivity contribution in [3.8, 4) is 23.0 Å². The largest absolute Gasteiger partial charge is 0.508 e. The van der Waals surface area contributed by atoms with Gasteiger partial charge < -0.3 is 24.8 Å². The van der Waals surface area contributed by atoms with Crippen LogP contribution in [0.25, 0.3) is 32.9 Å². The summed E-state index contributed by atoms with van der Waals surface area (Å²) < 4.78 is 43.6. The maximum atomic E-state index is 17.0. The molecule has 5 atom stereocenters. The van der Waals surface area contributed by atoms with E-state index in [9.17, 15) is 14.3 Å². The van der Waals surface area contributed by atoms with Gasteiger partial charge in [0.2, 0.25) is 0 Å². The van der Waals surface area contributed by atoms with Gasteiger partial charge in [-0.25, -0.2) is 13.6 Å². The van der Waals surface area contributed by atoms with Crippen molar-refractivity contribution in [1.82, 2.24) is 25.2 Å². The number of phenolic OH excluding ortho intramolecular Hbond substituents is 1. The molecule has 3 aliphatic heterocycles. The van der Waals surface area contributed by atoms with Gasteiger partial charge in [0.05, 0.1) is 10.9 Å². The Labute approximate surface area is 283 Å². The number of anilines is 1. The highest BCUT2D eigenvalue weighted by Gasteiger charge is 2.54. The summed E-state index contributed by atoms with van der Waals surface area (Å²) >= 11 is 0. The van der Waals surface area contributed by atoms with Crippen LogP contribution in [0.15, 0.2) is 36.5 Å². The van der Waals surface area contributed by atoms with Crippen LogP contribution in [0.2, 0.25) is 0 Å². The number of benzene rings is 2. The van der Waals surface area contributed by atoms with E-state index < -0.39 is 23.6 Å². The van der Waals surface area contributed by atoms with Crippen molar-refractivity contribution in [2.45, 2.75) is 69.6 Å². The monoisotopic (exact) mass is 672 g/mol. The van der Waals surface area contributed by atoms with Crippen molar-refractivity contribution in [3.63, 3.8) is 0 Å². The van der Waals surface area contributed by atoms with E-state index in [0.29, 0.717) is 35.0 Å². The number of hydrogen-bond acceptors (Lipinski definition) is 9. The van der Waals surface area contributed by atoms with Gasteiger partial charge in [0.25, 0.3) is 0 Å². The maximum Gasteiger partial charge on any atom is 0.406 e. The minimum absolute atomic E-state index is 0.0235. The minimum Gasteiger partial charge on any atom is -0.508 e. The number of aryl methyl sites for hydroxylation is 1. The Morgan fingerprint density at radius 1 is 1.14 bits per heavy atom. The highest BCUT2D eigenvalue weighted by atomic mass is 19.1. The molecule has 12 heteroatoms. The van der Waals surface area contributed by atoms with Gasteiger partial charge in [0, 0.05) is 50.9 Å². The Hall–Kier alpha value is -4.32. The Kier molecular flexibility index (Phi) is 8.16. The number of amides is 1. The normalized spacial score (nSPS) is 26.4. The van der Waals surface area contributed by atoms with Crippen LogP contribution in [0, 0.1) is 17.7 Å². The molecule has 258 valence electrons. The summed E-state index contributed by atoms with van der Waals surface area (Å²) in [6, 6.07) is 8.99. The molecule has 5 heterocycles. The molecule has 0 spiro atoms. The van der Waals surface area contributed by atoms with E-state index in [1.165, 1.54) is 26.3 Å². The number of phenols is 1. The number of ether oxygens (including phenoxy) is 2. The van der Waals surface area contributed by atoms with Crippen LogP contribution in [0.4, 0.5) is 19.4 Å². The molecule has 2 unspecified atom stereocenters. The Morgan fingerprint density at radius 3 is 2.73 bits per heavy atom. The number of carbonyl (C=O) groups excluding carboxylic acids is 1. The van der Waals surface area contributed by atoms with Gasteiger partial charge >= 0.3 is 12.1 Å². The zero-order valence-electron chi connectivity index (χ0n) is 27.9. The molecular weight excluding hydrogens is 630 g/mol. The molecule has 49 heavy (non-hydrogen) atoms.